The highest BCUT2D eigenvalue weighted by atomic mass is 16.6. The largest absolute Gasteiger partial charge is 0.469 e. The molecular weight excluding hydrogens is 420 g/mol. The highest BCUT2D eigenvalue weighted by Crippen LogP contribution is 2.38. The van der Waals surface area contributed by atoms with E-state index in [1.165, 1.54) is 30.5 Å². The van der Waals surface area contributed by atoms with E-state index >= 15 is 0 Å². The Balaban J connectivity index is 1.51. The number of fused-ring (bicyclic) bond motifs is 1. The molecular formula is C25H24N4O4. The molecule has 0 saturated carbocycles. The summed E-state index contributed by atoms with van der Waals surface area (Å²) in [6, 6.07) is 14.3. The maximum Gasteiger partial charge on any atom is 0.271 e. The van der Waals surface area contributed by atoms with Gasteiger partial charge in [-0.3, -0.25) is 24.8 Å². The molecule has 1 saturated heterocycles. The van der Waals surface area contributed by atoms with Crippen molar-refractivity contribution in [1.82, 2.24) is 4.90 Å². The van der Waals surface area contributed by atoms with Gasteiger partial charge in [0.15, 0.2) is 0 Å². The normalized spacial score (nSPS) is 18.4. The molecule has 1 amide bonds. The van der Waals surface area contributed by atoms with Gasteiger partial charge in [0.25, 0.3) is 5.69 Å². The van der Waals surface area contributed by atoms with Crippen molar-refractivity contribution in [3.63, 3.8) is 0 Å². The van der Waals surface area contributed by atoms with E-state index in [0.29, 0.717) is 22.7 Å². The van der Waals surface area contributed by atoms with E-state index in [2.05, 4.69) is 22.3 Å². The van der Waals surface area contributed by atoms with Crippen LogP contribution in [0.25, 0.3) is 0 Å². The zero-order chi connectivity index (χ0) is 22.9. The Bertz CT molecular complexity index is 1240. The number of nitro benzene ring substituents is 1. The summed E-state index contributed by atoms with van der Waals surface area (Å²) < 4.78 is 5.50. The predicted octanol–water partition coefficient (Wildman–Crippen LogP) is 4.95. The Morgan fingerprint density at radius 3 is 2.61 bits per heavy atom. The van der Waals surface area contributed by atoms with Gasteiger partial charge in [-0.2, -0.15) is 0 Å². The van der Waals surface area contributed by atoms with E-state index in [-0.39, 0.29) is 11.6 Å². The van der Waals surface area contributed by atoms with Crippen LogP contribution in [-0.2, 0) is 11.3 Å². The van der Waals surface area contributed by atoms with Gasteiger partial charge < -0.3 is 9.73 Å². The molecule has 0 radical (unpaired) electrons. The molecule has 8 heteroatoms. The SMILES string of the molecule is Cc1occc1C(=Nc1ccc(CN2CCCC2)cc1)C1C(=O)Nc2cc([N+](=O)[O-])ccc21. The first kappa shape index (κ1) is 21.1. The molecule has 3 aromatic rings. The average molecular weight is 444 g/mol. The van der Waals surface area contributed by atoms with E-state index in [0.717, 1.165) is 30.9 Å². The summed E-state index contributed by atoms with van der Waals surface area (Å²) in [7, 11) is 0. The predicted molar refractivity (Wildman–Crippen MR) is 125 cm³/mol. The van der Waals surface area contributed by atoms with Crippen LogP contribution in [-0.4, -0.2) is 34.5 Å². The Kier molecular flexibility index (Phi) is 5.51. The average Bonchev–Trinajstić information content (AvgIpc) is 3.53. The Morgan fingerprint density at radius 2 is 1.94 bits per heavy atom. The number of rotatable bonds is 6. The van der Waals surface area contributed by atoms with Crippen molar-refractivity contribution in [2.24, 2.45) is 4.99 Å². The Labute approximate surface area is 191 Å². The number of non-ortho nitro benzene ring substituents is 1. The molecule has 0 aliphatic carbocycles. The summed E-state index contributed by atoms with van der Waals surface area (Å²) in [5.41, 5.74) is 4.29. The number of carbonyl (C=O) groups is 1. The summed E-state index contributed by atoms with van der Waals surface area (Å²) in [6.45, 7) is 5.03. The number of nitrogens with one attached hydrogen (secondary N) is 1. The number of amides is 1. The van der Waals surface area contributed by atoms with Crippen LogP contribution in [0.2, 0.25) is 0 Å². The third-order valence-corrected chi connectivity index (χ3v) is 6.28. The van der Waals surface area contributed by atoms with Gasteiger partial charge in [0.2, 0.25) is 5.91 Å². The number of aryl methyl sites for hydroxylation is 1. The fourth-order valence-corrected chi connectivity index (χ4v) is 4.58. The van der Waals surface area contributed by atoms with Gasteiger partial charge in [-0.15, -0.1) is 0 Å². The molecule has 5 rings (SSSR count). The maximum absolute atomic E-state index is 13.0. The minimum atomic E-state index is -0.693. The molecule has 33 heavy (non-hydrogen) atoms. The maximum atomic E-state index is 13.0. The molecule has 1 unspecified atom stereocenters. The fraction of sp³-hybridized carbons (Fsp3) is 0.280. The first-order chi connectivity index (χ1) is 16.0. The number of hydrogen-bond donors (Lipinski definition) is 1. The van der Waals surface area contributed by atoms with E-state index in [9.17, 15) is 14.9 Å². The second-order valence-corrected chi connectivity index (χ2v) is 8.49. The van der Waals surface area contributed by atoms with Gasteiger partial charge >= 0.3 is 0 Å². The smallest absolute Gasteiger partial charge is 0.271 e. The lowest BCUT2D eigenvalue weighted by atomic mass is 9.90. The first-order valence-corrected chi connectivity index (χ1v) is 11.0. The number of nitrogens with zero attached hydrogens (tertiary/aromatic N) is 3. The van der Waals surface area contributed by atoms with Crippen LogP contribution in [0.5, 0.6) is 0 Å². The fourth-order valence-electron chi connectivity index (χ4n) is 4.58. The van der Waals surface area contributed by atoms with Crippen molar-refractivity contribution >= 4 is 28.7 Å². The molecule has 1 atom stereocenters. The summed E-state index contributed by atoms with van der Waals surface area (Å²) in [5.74, 6) is -0.306. The molecule has 168 valence electrons. The van der Waals surface area contributed by atoms with Crippen molar-refractivity contribution in [2.75, 3.05) is 18.4 Å². The molecule has 2 aliphatic heterocycles. The van der Waals surface area contributed by atoms with Gasteiger partial charge in [-0.1, -0.05) is 12.1 Å². The molecule has 0 bridgehead atoms. The minimum Gasteiger partial charge on any atom is -0.469 e. The standard InChI is InChI=1S/C25H24N4O4/c1-16-20(10-13-33-16)24(23-21-9-8-19(29(31)32)14-22(21)27-25(23)30)26-18-6-4-17(5-7-18)15-28-11-2-3-12-28/h4-10,13-14,23H,2-3,11-12,15H2,1H3,(H,27,30). The van der Waals surface area contributed by atoms with Crippen LogP contribution in [0.3, 0.4) is 0 Å². The van der Waals surface area contributed by atoms with Gasteiger partial charge in [0.1, 0.15) is 11.7 Å². The summed E-state index contributed by atoms with van der Waals surface area (Å²) in [6.07, 6.45) is 4.08. The topological polar surface area (TPSA) is 101 Å². The highest BCUT2D eigenvalue weighted by Gasteiger charge is 2.37. The summed E-state index contributed by atoms with van der Waals surface area (Å²) in [5, 5.41) is 13.9. The molecule has 1 fully saturated rings. The second kappa shape index (κ2) is 8.63. The van der Waals surface area contributed by atoms with Crippen molar-refractivity contribution in [2.45, 2.75) is 32.2 Å². The second-order valence-electron chi connectivity index (χ2n) is 8.49. The molecule has 3 heterocycles. The van der Waals surface area contributed by atoms with E-state index in [4.69, 9.17) is 9.41 Å². The summed E-state index contributed by atoms with van der Waals surface area (Å²) in [4.78, 5) is 31.0. The molecule has 1 N–H and O–H groups in total. The molecule has 2 aliphatic rings. The lowest BCUT2D eigenvalue weighted by molar-refractivity contribution is -0.384. The number of nitro groups is 1. The number of aliphatic imine (C=N–C) groups is 1. The van der Waals surface area contributed by atoms with Crippen molar-refractivity contribution in [3.05, 3.63) is 87.4 Å². The number of likely N-dealkylation sites (tertiary alicyclic amines) is 1. The molecule has 1 aromatic heterocycles. The monoisotopic (exact) mass is 444 g/mol. The van der Waals surface area contributed by atoms with Crippen molar-refractivity contribution in [1.29, 1.82) is 0 Å². The van der Waals surface area contributed by atoms with Crippen molar-refractivity contribution in [3.8, 4) is 0 Å². The third kappa shape index (κ3) is 4.17. The van der Waals surface area contributed by atoms with Crippen LogP contribution in [0.4, 0.5) is 17.1 Å². The number of furan rings is 1. The highest BCUT2D eigenvalue weighted by molar-refractivity contribution is 6.24. The van der Waals surface area contributed by atoms with Gasteiger partial charge in [0, 0.05) is 24.2 Å². The van der Waals surface area contributed by atoms with Crippen LogP contribution >= 0.6 is 0 Å². The van der Waals surface area contributed by atoms with E-state index < -0.39 is 10.8 Å². The minimum absolute atomic E-state index is 0.0683. The first-order valence-electron chi connectivity index (χ1n) is 11.0. The van der Waals surface area contributed by atoms with Gasteiger partial charge in [0.05, 0.1) is 28.3 Å². The van der Waals surface area contributed by atoms with Crippen LogP contribution < -0.4 is 5.32 Å². The van der Waals surface area contributed by atoms with Crippen LogP contribution in [0, 0.1) is 17.0 Å². The molecule has 8 nitrogen and oxygen atoms in total. The Morgan fingerprint density at radius 1 is 1.18 bits per heavy atom. The lowest BCUT2D eigenvalue weighted by Gasteiger charge is -2.15. The number of hydrogen-bond acceptors (Lipinski definition) is 6. The molecule has 0 spiro atoms. The Hall–Kier alpha value is -3.78. The summed E-state index contributed by atoms with van der Waals surface area (Å²) >= 11 is 0. The molecule has 2 aromatic carbocycles. The van der Waals surface area contributed by atoms with Gasteiger partial charge in [-0.05, 0) is 68.2 Å². The number of anilines is 1. The van der Waals surface area contributed by atoms with E-state index in [1.807, 2.05) is 19.1 Å². The number of benzene rings is 2. The van der Waals surface area contributed by atoms with Crippen LogP contribution in [0.1, 0.15) is 41.2 Å². The van der Waals surface area contributed by atoms with Crippen LogP contribution in [0.15, 0.2) is 64.2 Å². The van der Waals surface area contributed by atoms with E-state index in [1.54, 1.807) is 18.4 Å². The zero-order valence-electron chi connectivity index (χ0n) is 18.3. The third-order valence-electron chi connectivity index (χ3n) is 6.28. The zero-order valence-corrected chi connectivity index (χ0v) is 18.3. The lowest BCUT2D eigenvalue weighted by Crippen LogP contribution is -2.22. The number of carbonyl (C=O) groups excluding carboxylic acids is 1. The van der Waals surface area contributed by atoms with Gasteiger partial charge in [-0.25, -0.2) is 0 Å². The quantitative estimate of drug-likeness (QED) is 0.329. The van der Waals surface area contributed by atoms with Crippen molar-refractivity contribution < 1.29 is 14.1 Å².